The van der Waals surface area contributed by atoms with E-state index in [0.29, 0.717) is 19.5 Å². The predicted octanol–water partition coefficient (Wildman–Crippen LogP) is 0.877. The fourth-order valence-corrected chi connectivity index (χ4v) is 3.18. The first-order chi connectivity index (χ1) is 8.07. The molecule has 2 unspecified atom stereocenters. The van der Waals surface area contributed by atoms with E-state index in [1.54, 1.807) is 0 Å². The number of rotatable bonds is 2. The first-order valence-corrected chi connectivity index (χ1v) is 6.83. The van der Waals surface area contributed by atoms with Crippen molar-refractivity contribution in [2.75, 3.05) is 13.1 Å². The summed E-state index contributed by atoms with van der Waals surface area (Å²) in [6.45, 7) is 3.30. The Morgan fingerprint density at radius 3 is 3.00 bits per heavy atom. The highest BCUT2D eigenvalue weighted by Crippen LogP contribution is 2.39. The maximum Gasteiger partial charge on any atom is 0.239 e. The van der Waals surface area contributed by atoms with E-state index in [4.69, 9.17) is 5.73 Å². The van der Waals surface area contributed by atoms with Gasteiger partial charge in [0.1, 0.15) is 0 Å². The highest BCUT2D eigenvalue weighted by molar-refractivity contribution is 5.81. The molecule has 0 bridgehead atoms. The molecular formula is C13H24N2O2. The van der Waals surface area contributed by atoms with Gasteiger partial charge in [0.25, 0.3) is 0 Å². The lowest BCUT2D eigenvalue weighted by Gasteiger charge is -2.47. The smallest absolute Gasteiger partial charge is 0.239 e. The summed E-state index contributed by atoms with van der Waals surface area (Å²) in [6.07, 6.45) is 5.65. The average molecular weight is 240 g/mol. The number of hydrogen-bond donors (Lipinski definition) is 2. The quantitative estimate of drug-likeness (QED) is 0.753. The van der Waals surface area contributed by atoms with Gasteiger partial charge in [-0.15, -0.1) is 0 Å². The van der Waals surface area contributed by atoms with Gasteiger partial charge >= 0.3 is 0 Å². The maximum atomic E-state index is 12.0. The summed E-state index contributed by atoms with van der Waals surface area (Å²) < 4.78 is 0. The van der Waals surface area contributed by atoms with Crippen LogP contribution < -0.4 is 5.73 Å². The zero-order chi connectivity index (χ0) is 12.5. The molecule has 1 aliphatic carbocycles. The molecule has 3 atom stereocenters. The molecule has 1 amide bonds. The van der Waals surface area contributed by atoms with E-state index in [9.17, 15) is 9.90 Å². The molecule has 3 N–H and O–H groups in total. The minimum atomic E-state index is -0.509. The van der Waals surface area contributed by atoms with Crippen molar-refractivity contribution < 1.29 is 9.90 Å². The topological polar surface area (TPSA) is 66.6 Å². The van der Waals surface area contributed by atoms with E-state index in [0.717, 1.165) is 25.7 Å². The summed E-state index contributed by atoms with van der Waals surface area (Å²) in [7, 11) is 0. The lowest BCUT2D eigenvalue weighted by Crippen LogP contribution is -2.57. The van der Waals surface area contributed by atoms with Crippen molar-refractivity contribution in [3.8, 4) is 0 Å². The molecule has 0 aromatic carbocycles. The Kier molecular flexibility index (Phi) is 3.73. The van der Waals surface area contributed by atoms with E-state index in [1.165, 1.54) is 6.42 Å². The largest absolute Gasteiger partial charge is 0.389 e. The third-order valence-electron chi connectivity index (χ3n) is 4.50. The molecule has 17 heavy (non-hydrogen) atoms. The normalized spacial score (nSPS) is 35.2. The zero-order valence-electron chi connectivity index (χ0n) is 10.7. The summed E-state index contributed by atoms with van der Waals surface area (Å²) in [5, 5.41) is 10.5. The van der Waals surface area contributed by atoms with Crippen molar-refractivity contribution in [3.63, 3.8) is 0 Å². The molecule has 2 fully saturated rings. The van der Waals surface area contributed by atoms with Crippen molar-refractivity contribution in [3.05, 3.63) is 0 Å². The van der Waals surface area contributed by atoms with Crippen LogP contribution in [-0.4, -0.2) is 40.6 Å². The van der Waals surface area contributed by atoms with Gasteiger partial charge in [-0.1, -0.05) is 19.8 Å². The summed E-state index contributed by atoms with van der Waals surface area (Å²) in [5.74, 6) is 0.318. The van der Waals surface area contributed by atoms with Crippen LogP contribution in [0.3, 0.4) is 0 Å². The molecule has 4 heteroatoms. The Hall–Kier alpha value is -0.610. The van der Waals surface area contributed by atoms with Crippen LogP contribution >= 0.6 is 0 Å². The molecule has 0 radical (unpaired) electrons. The van der Waals surface area contributed by atoms with E-state index < -0.39 is 5.60 Å². The van der Waals surface area contributed by atoms with Gasteiger partial charge in [-0.3, -0.25) is 4.79 Å². The van der Waals surface area contributed by atoms with Gasteiger partial charge < -0.3 is 15.7 Å². The molecule has 0 aromatic heterocycles. The molecule has 4 nitrogen and oxygen atoms in total. The number of fused-ring (bicyclic) bond motifs is 1. The highest BCUT2D eigenvalue weighted by atomic mass is 16.3. The number of likely N-dealkylation sites (tertiary alicyclic amines) is 1. The SMILES string of the molecule is CC[C@H](N)C(=O)N1CCC2(O)CCCCC2C1. The van der Waals surface area contributed by atoms with Gasteiger partial charge in [0, 0.05) is 19.0 Å². The van der Waals surface area contributed by atoms with Gasteiger partial charge in [0.05, 0.1) is 11.6 Å². The van der Waals surface area contributed by atoms with Crippen LogP contribution in [0.5, 0.6) is 0 Å². The van der Waals surface area contributed by atoms with Crippen molar-refractivity contribution in [1.29, 1.82) is 0 Å². The van der Waals surface area contributed by atoms with E-state index >= 15 is 0 Å². The van der Waals surface area contributed by atoms with E-state index in [-0.39, 0.29) is 17.9 Å². The Bertz CT molecular complexity index is 295. The van der Waals surface area contributed by atoms with Gasteiger partial charge in [-0.05, 0) is 25.7 Å². The van der Waals surface area contributed by atoms with E-state index in [1.807, 2.05) is 11.8 Å². The second kappa shape index (κ2) is 4.94. The molecule has 0 spiro atoms. The van der Waals surface area contributed by atoms with Crippen LogP contribution in [-0.2, 0) is 4.79 Å². The second-order valence-corrected chi connectivity index (χ2v) is 5.60. The average Bonchev–Trinajstić information content (AvgIpc) is 2.35. The lowest BCUT2D eigenvalue weighted by molar-refractivity contribution is -0.144. The van der Waals surface area contributed by atoms with E-state index in [2.05, 4.69) is 0 Å². The molecule has 2 aliphatic rings. The molecule has 1 saturated carbocycles. The number of nitrogens with two attached hydrogens (primary N) is 1. The van der Waals surface area contributed by atoms with Crippen molar-refractivity contribution in [2.24, 2.45) is 11.7 Å². The van der Waals surface area contributed by atoms with Crippen molar-refractivity contribution >= 4 is 5.91 Å². The summed E-state index contributed by atoms with van der Waals surface area (Å²) in [6, 6.07) is -0.371. The zero-order valence-corrected chi connectivity index (χ0v) is 10.7. The van der Waals surface area contributed by atoms with Gasteiger partial charge in [-0.25, -0.2) is 0 Å². The molecule has 98 valence electrons. The number of piperidine rings is 1. The van der Waals surface area contributed by atoms with Crippen LogP contribution in [0.15, 0.2) is 0 Å². The number of aliphatic hydroxyl groups is 1. The number of amides is 1. The van der Waals surface area contributed by atoms with Crippen LogP contribution in [0.25, 0.3) is 0 Å². The van der Waals surface area contributed by atoms with Crippen molar-refractivity contribution in [1.82, 2.24) is 4.90 Å². The molecular weight excluding hydrogens is 216 g/mol. The Labute approximate surface area is 103 Å². The highest BCUT2D eigenvalue weighted by Gasteiger charge is 2.44. The summed E-state index contributed by atoms with van der Waals surface area (Å²) >= 11 is 0. The minimum Gasteiger partial charge on any atom is -0.389 e. The monoisotopic (exact) mass is 240 g/mol. The third kappa shape index (κ3) is 2.47. The first-order valence-electron chi connectivity index (χ1n) is 6.83. The Morgan fingerprint density at radius 1 is 1.53 bits per heavy atom. The van der Waals surface area contributed by atoms with Crippen LogP contribution in [0.4, 0.5) is 0 Å². The fourth-order valence-electron chi connectivity index (χ4n) is 3.18. The standard InChI is InChI=1S/C13H24N2O2/c1-2-11(14)12(16)15-8-7-13(17)6-4-3-5-10(13)9-15/h10-11,17H,2-9,14H2,1H3/t10?,11-,13?/m0/s1. The first kappa shape index (κ1) is 12.8. The number of hydrogen-bond acceptors (Lipinski definition) is 3. The third-order valence-corrected chi connectivity index (χ3v) is 4.50. The Morgan fingerprint density at radius 2 is 2.29 bits per heavy atom. The minimum absolute atomic E-state index is 0.0557. The van der Waals surface area contributed by atoms with Gasteiger partial charge in [-0.2, -0.15) is 0 Å². The van der Waals surface area contributed by atoms with Crippen LogP contribution in [0.2, 0.25) is 0 Å². The molecule has 1 saturated heterocycles. The maximum absolute atomic E-state index is 12.0. The fraction of sp³-hybridized carbons (Fsp3) is 0.923. The molecule has 0 aromatic rings. The second-order valence-electron chi connectivity index (χ2n) is 5.60. The summed E-state index contributed by atoms with van der Waals surface area (Å²) in [5.41, 5.74) is 5.29. The number of carbonyl (C=O) groups is 1. The van der Waals surface area contributed by atoms with Gasteiger partial charge in [0.2, 0.25) is 5.91 Å². The number of nitrogens with zero attached hydrogens (tertiary/aromatic N) is 1. The molecule has 1 heterocycles. The van der Waals surface area contributed by atoms with Crippen LogP contribution in [0.1, 0.15) is 45.4 Å². The Balaban J connectivity index is 1.99. The molecule has 1 aliphatic heterocycles. The molecule has 2 rings (SSSR count). The lowest BCUT2D eigenvalue weighted by atomic mass is 9.71. The van der Waals surface area contributed by atoms with Gasteiger partial charge in [0.15, 0.2) is 0 Å². The van der Waals surface area contributed by atoms with Crippen LogP contribution in [0, 0.1) is 5.92 Å². The number of carbonyl (C=O) groups excluding carboxylic acids is 1. The summed E-state index contributed by atoms with van der Waals surface area (Å²) in [4.78, 5) is 13.9. The van der Waals surface area contributed by atoms with Crippen molar-refractivity contribution in [2.45, 2.75) is 57.1 Å². The predicted molar refractivity (Wildman–Crippen MR) is 66.4 cm³/mol.